The van der Waals surface area contributed by atoms with Gasteiger partial charge in [0.1, 0.15) is 5.75 Å². The maximum absolute atomic E-state index is 9.03. The summed E-state index contributed by atoms with van der Waals surface area (Å²) >= 11 is 1.85. The Hall–Kier alpha value is -1.67. The highest BCUT2D eigenvalue weighted by Gasteiger charge is 2.26. The first kappa shape index (κ1) is 19.7. The molecule has 132 valence electrons. The number of nitrogens with one attached hydrogen (secondary N) is 1. The van der Waals surface area contributed by atoms with Crippen LogP contribution in [0, 0.1) is 17.2 Å². The summed E-state index contributed by atoms with van der Waals surface area (Å²) in [7, 11) is 1.70. The molecule has 5 heteroatoms. The van der Waals surface area contributed by atoms with E-state index in [-0.39, 0.29) is 12.4 Å². The van der Waals surface area contributed by atoms with Gasteiger partial charge in [0.2, 0.25) is 0 Å². The number of nitrogens with zero attached hydrogens (tertiary/aromatic N) is 1. The van der Waals surface area contributed by atoms with Crippen LogP contribution >= 0.6 is 24.2 Å². The molecule has 1 heterocycles. The quantitative estimate of drug-likeness (QED) is 0.784. The maximum atomic E-state index is 9.03. The van der Waals surface area contributed by atoms with E-state index in [1.807, 2.05) is 30.0 Å². The van der Waals surface area contributed by atoms with Gasteiger partial charge in [-0.05, 0) is 67.2 Å². The van der Waals surface area contributed by atoms with Gasteiger partial charge in [-0.3, -0.25) is 0 Å². The molecule has 2 aromatic carbocycles. The van der Waals surface area contributed by atoms with Crippen molar-refractivity contribution in [1.82, 2.24) is 5.32 Å². The molecule has 0 amide bonds. The van der Waals surface area contributed by atoms with Crippen molar-refractivity contribution in [3.05, 3.63) is 59.7 Å². The van der Waals surface area contributed by atoms with Gasteiger partial charge >= 0.3 is 0 Å². The van der Waals surface area contributed by atoms with Gasteiger partial charge in [-0.15, -0.1) is 24.2 Å². The van der Waals surface area contributed by atoms with E-state index in [1.54, 1.807) is 7.11 Å². The van der Waals surface area contributed by atoms with Crippen molar-refractivity contribution in [3.8, 4) is 11.8 Å². The van der Waals surface area contributed by atoms with Crippen LogP contribution in [0.4, 0.5) is 0 Å². The smallest absolute Gasteiger partial charge is 0.118 e. The summed E-state index contributed by atoms with van der Waals surface area (Å²) in [5.74, 6) is 3.12. The van der Waals surface area contributed by atoms with Crippen molar-refractivity contribution in [1.29, 1.82) is 5.26 Å². The van der Waals surface area contributed by atoms with Gasteiger partial charge < -0.3 is 10.1 Å². The zero-order valence-electron chi connectivity index (χ0n) is 14.3. The Kier molecular flexibility index (Phi) is 7.64. The van der Waals surface area contributed by atoms with Crippen LogP contribution in [0.25, 0.3) is 0 Å². The van der Waals surface area contributed by atoms with Gasteiger partial charge in [-0.25, -0.2) is 0 Å². The predicted octanol–water partition coefficient (Wildman–Crippen LogP) is 4.47. The van der Waals surface area contributed by atoms with Crippen LogP contribution in [0.1, 0.15) is 23.5 Å². The van der Waals surface area contributed by atoms with Gasteiger partial charge in [-0.1, -0.05) is 18.2 Å². The van der Waals surface area contributed by atoms with Crippen molar-refractivity contribution in [2.45, 2.75) is 17.2 Å². The third kappa shape index (κ3) is 5.15. The van der Waals surface area contributed by atoms with Crippen molar-refractivity contribution < 1.29 is 4.74 Å². The van der Waals surface area contributed by atoms with Crippen LogP contribution in [-0.2, 0) is 0 Å². The second kappa shape index (κ2) is 9.72. The lowest BCUT2D eigenvalue weighted by Crippen LogP contribution is -2.36. The van der Waals surface area contributed by atoms with E-state index in [0.29, 0.717) is 11.8 Å². The topological polar surface area (TPSA) is 45.0 Å². The number of halogens is 1. The molecule has 0 saturated carbocycles. The summed E-state index contributed by atoms with van der Waals surface area (Å²) in [5.41, 5.74) is 2.13. The summed E-state index contributed by atoms with van der Waals surface area (Å²) in [6.07, 6.45) is 1.16. The predicted molar refractivity (Wildman–Crippen MR) is 106 cm³/mol. The molecular weight excluding hydrogens is 352 g/mol. The molecule has 1 aliphatic rings. The van der Waals surface area contributed by atoms with Crippen molar-refractivity contribution in [3.63, 3.8) is 0 Å². The molecule has 2 aromatic rings. The van der Waals surface area contributed by atoms with Gasteiger partial charge in [0.05, 0.1) is 18.7 Å². The van der Waals surface area contributed by atoms with E-state index >= 15 is 0 Å². The van der Waals surface area contributed by atoms with E-state index in [2.05, 4.69) is 41.7 Å². The molecule has 3 rings (SSSR count). The molecule has 1 N–H and O–H groups in total. The van der Waals surface area contributed by atoms with Crippen LogP contribution in [0.15, 0.2) is 53.4 Å². The Morgan fingerprint density at radius 1 is 1.24 bits per heavy atom. The summed E-state index contributed by atoms with van der Waals surface area (Å²) in [6.45, 7) is 2.11. The molecule has 0 bridgehead atoms. The van der Waals surface area contributed by atoms with Gasteiger partial charge in [-0.2, -0.15) is 5.26 Å². The molecule has 1 aliphatic heterocycles. The second-order valence-electron chi connectivity index (χ2n) is 6.08. The number of rotatable bonds is 5. The highest BCUT2D eigenvalue weighted by Crippen LogP contribution is 2.35. The monoisotopic (exact) mass is 374 g/mol. The average Bonchev–Trinajstić information content (AvgIpc) is 2.67. The molecule has 3 nitrogen and oxygen atoms in total. The second-order valence-corrected chi connectivity index (χ2v) is 7.18. The number of thioether (sulfide) groups is 1. The van der Waals surface area contributed by atoms with Gasteiger partial charge in [0, 0.05) is 10.6 Å². The highest BCUT2D eigenvalue weighted by atomic mass is 35.5. The highest BCUT2D eigenvalue weighted by molar-refractivity contribution is 7.99. The summed E-state index contributed by atoms with van der Waals surface area (Å²) in [6, 6.07) is 18.6. The van der Waals surface area contributed by atoms with Crippen LogP contribution in [-0.4, -0.2) is 26.0 Å². The van der Waals surface area contributed by atoms with Crippen molar-refractivity contribution in [2.24, 2.45) is 5.92 Å². The van der Waals surface area contributed by atoms with E-state index < -0.39 is 0 Å². The fourth-order valence-corrected chi connectivity index (χ4v) is 4.39. The first-order valence-corrected chi connectivity index (χ1v) is 9.26. The standard InChI is InChI=1S/C20H22N2OS.ClH/c1-23-18-7-5-16(6-8-18)20-9-10-22-13-17(20)14-24-19-4-2-3-15(11-19)12-21;/h2-8,11,17,20,22H,9-10,13-14H2,1H3;1H/t17-,20-;/m0./s1. The zero-order chi connectivity index (χ0) is 16.8. The van der Waals surface area contributed by atoms with Crippen LogP contribution in [0.2, 0.25) is 0 Å². The Morgan fingerprint density at radius 2 is 2.04 bits per heavy atom. The van der Waals surface area contributed by atoms with Gasteiger partial charge in [0.25, 0.3) is 0 Å². The molecule has 2 atom stereocenters. The molecule has 1 fully saturated rings. The molecule has 0 aliphatic carbocycles. The first-order valence-electron chi connectivity index (χ1n) is 8.28. The SMILES string of the molecule is COc1ccc([C@@H]2CCNC[C@H]2CSc2cccc(C#N)c2)cc1.Cl. The minimum Gasteiger partial charge on any atom is -0.497 e. The summed E-state index contributed by atoms with van der Waals surface area (Å²) in [4.78, 5) is 1.17. The Labute approximate surface area is 160 Å². The molecule has 0 spiro atoms. The first-order chi connectivity index (χ1) is 11.8. The third-order valence-electron chi connectivity index (χ3n) is 4.58. The van der Waals surface area contributed by atoms with E-state index in [1.165, 1.54) is 10.5 Å². The molecule has 1 saturated heterocycles. The largest absolute Gasteiger partial charge is 0.497 e. The lowest BCUT2D eigenvalue weighted by molar-refractivity contribution is 0.354. The Balaban J connectivity index is 0.00000225. The number of ether oxygens (including phenoxy) is 1. The van der Waals surface area contributed by atoms with Crippen LogP contribution < -0.4 is 10.1 Å². The number of hydrogen-bond donors (Lipinski definition) is 1. The van der Waals surface area contributed by atoms with Gasteiger partial charge in [0.15, 0.2) is 0 Å². The summed E-state index contributed by atoms with van der Waals surface area (Å²) < 4.78 is 5.27. The van der Waals surface area contributed by atoms with Crippen molar-refractivity contribution >= 4 is 24.2 Å². The average molecular weight is 375 g/mol. The van der Waals surface area contributed by atoms with Crippen LogP contribution in [0.5, 0.6) is 5.75 Å². The van der Waals surface area contributed by atoms with E-state index in [9.17, 15) is 0 Å². The number of piperidine rings is 1. The lowest BCUT2D eigenvalue weighted by atomic mass is 9.82. The van der Waals surface area contributed by atoms with Crippen molar-refractivity contribution in [2.75, 3.05) is 26.0 Å². The maximum Gasteiger partial charge on any atom is 0.118 e. The Bertz CT molecular complexity index is 714. The third-order valence-corrected chi connectivity index (χ3v) is 5.76. The molecule has 0 unspecified atom stereocenters. The minimum absolute atomic E-state index is 0. The summed E-state index contributed by atoms with van der Waals surface area (Å²) in [5, 5.41) is 12.6. The number of nitriles is 1. The fraction of sp³-hybridized carbons (Fsp3) is 0.350. The van der Waals surface area contributed by atoms with E-state index in [0.717, 1.165) is 36.6 Å². The number of methoxy groups -OCH3 is 1. The molecule has 25 heavy (non-hydrogen) atoms. The minimum atomic E-state index is 0. The van der Waals surface area contributed by atoms with E-state index in [4.69, 9.17) is 10.00 Å². The molecular formula is C20H23ClN2OS. The lowest BCUT2D eigenvalue weighted by Gasteiger charge is -2.32. The zero-order valence-corrected chi connectivity index (χ0v) is 15.9. The Morgan fingerprint density at radius 3 is 2.76 bits per heavy atom. The normalized spacial score (nSPS) is 19.5. The number of benzene rings is 2. The molecule has 0 radical (unpaired) electrons. The van der Waals surface area contributed by atoms with Crippen LogP contribution in [0.3, 0.4) is 0 Å². The number of hydrogen-bond acceptors (Lipinski definition) is 4. The molecule has 0 aromatic heterocycles. The fourth-order valence-electron chi connectivity index (χ4n) is 3.25.